The molecule has 3 rings (SSSR count). The van der Waals surface area contributed by atoms with Gasteiger partial charge in [0.25, 0.3) is 0 Å². The fourth-order valence-electron chi connectivity index (χ4n) is 3.37. The molecule has 0 spiro atoms. The van der Waals surface area contributed by atoms with E-state index < -0.39 is 0 Å². The van der Waals surface area contributed by atoms with E-state index in [1.807, 2.05) is 0 Å². The first kappa shape index (κ1) is 13.0. The summed E-state index contributed by atoms with van der Waals surface area (Å²) in [5.74, 6) is 2.78. The third-order valence-corrected chi connectivity index (χ3v) is 4.55. The summed E-state index contributed by atoms with van der Waals surface area (Å²) in [7, 11) is 0. The Morgan fingerprint density at radius 3 is 2.21 bits per heavy atom. The van der Waals surface area contributed by atoms with Crippen molar-refractivity contribution in [1.29, 1.82) is 0 Å². The van der Waals surface area contributed by atoms with Crippen molar-refractivity contribution in [3.63, 3.8) is 0 Å². The molecule has 0 amide bonds. The molecular formula is C16H27N3. The van der Waals surface area contributed by atoms with Crippen molar-refractivity contribution >= 4 is 5.82 Å². The first-order valence-electron chi connectivity index (χ1n) is 7.86. The van der Waals surface area contributed by atoms with Gasteiger partial charge in [-0.3, -0.25) is 0 Å². The van der Waals surface area contributed by atoms with Gasteiger partial charge in [-0.05, 0) is 25.7 Å². The lowest BCUT2D eigenvalue weighted by atomic mass is 9.87. The lowest BCUT2D eigenvalue weighted by Gasteiger charge is -2.20. The van der Waals surface area contributed by atoms with Crippen molar-refractivity contribution in [3.05, 3.63) is 11.5 Å². The van der Waals surface area contributed by atoms with Crippen LogP contribution in [0.2, 0.25) is 0 Å². The molecule has 1 heterocycles. The molecule has 3 heteroatoms. The highest BCUT2D eigenvalue weighted by atomic mass is 15.2. The van der Waals surface area contributed by atoms with Crippen LogP contribution in [-0.2, 0) is 5.41 Å². The predicted octanol–water partition coefficient (Wildman–Crippen LogP) is 4.15. The summed E-state index contributed by atoms with van der Waals surface area (Å²) in [4.78, 5) is 5.00. The molecule has 3 nitrogen and oxygen atoms in total. The molecule has 0 bridgehead atoms. The van der Waals surface area contributed by atoms with E-state index in [-0.39, 0.29) is 5.41 Å². The van der Waals surface area contributed by atoms with E-state index in [0.717, 1.165) is 5.82 Å². The van der Waals surface area contributed by atoms with Crippen LogP contribution in [0.3, 0.4) is 0 Å². The SMILES string of the molecule is CC(C)(C)c1nc(C2CCCCC2)c(N)n1C1CC1. The van der Waals surface area contributed by atoms with Crippen molar-refractivity contribution in [2.45, 2.75) is 83.1 Å². The highest BCUT2D eigenvalue weighted by Gasteiger charge is 2.35. The molecule has 2 fully saturated rings. The molecule has 0 aliphatic heterocycles. The first-order chi connectivity index (χ1) is 8.98. The second-order valence-corrected chi connectivity index (χ2v) is 7.39. The number of rotatable bonds is 2. The Kier molecular flexibility index (Phi) is 3.11. The molecule has 0 saturated heterocycles. The average Bonchev–Trinajstić information content (AvgIpc) is 3.13. The number of hydrogen-bond donors (Lipinski definition) is 1. The number of hydrogen-bond acceptors (Lipinski definition) is 2. The fourth-order valence-corrected chi connectivity index (χ4v) is 3.37. The monoisotopic (exact) mass is 261 g/mol. The van der Waals surface area contributed by atoms with Crippen molar-refractivity contribution in [3.8, 4) is 0 Å². The van der Waals surface area contributed by atoms with Crippen LogP contribution < -0.4 is 5.73 Å². The van der Waals surface area contributed by atoms with Gasteiger partial charge >= 0.3 is 0 Å². The summed E-state index contributed by atoms with van der Waals surface area (Å²) < 4.78 is 2.35. The summed E-state index contributed by atoms with van der Waals surface area (Å²) in [6.45, 7) is 6.74. The van der Waals surface area contributed by atoms with E-state index in [0.29, 0.717) is 12.0 Å². The Balaban J connectivity index is 2.00. The second-order valence-electron chi connectivity index (χ2n) is 7.39. The highest BCUT2D eigenvalue weighted by molar-refractivity contribution is 5.43. The molecule has 0 unspecified atom stereocenters. The molecule has 2 aliphatic rings. The minimum absolute atomic E-state index is 0.0869. The molecule has 106 valence electrons. The van der Waals surface area contributed by atoms with Crippen molar-refractivity contribution in [2.75, 3.05) is 5.73 Å². The van der Waals surface area contributed by atoms with Crippen LogP contribution >= 0.6 is 0 Å². The van der Waals surface area contributed by atoms with Gasteiger partial charge in [-0.2, -0.15) is 0 Å². The normalized spacial score (nSPS) is 21.8. The van der Waals surface area contributed by atoms with Gasteiger partial charge in [-0.15, -0.1) is 0 Å². The number of aromatic nitrogens is 2. The van der Waals surface area contributed by atoms with E-state index in [4.69, 9.17) is 10.7 Å². The highest BCUT2D eigenvalue weighted by Crippen LogP contribution is 2.44. The van der Waals surface area contributed by atoms with E-state index in [1.165, 1.54) is 56.5 Å². The maximum atomic E-state index is 6.47. The van der Waals surface area contributed by atoms with Gasteiger partial charge in [-0.1, -0.05) is 40.0 Å². The van der Waals surface area contributed by atoms with Crippen molar-refractivity contribution in [1.82, 2.24) is 9.55 Å². The van der Waals surface area contributed by atoms with Gasteiger partial charge < -0.3 is 10.3 Å². The van der Waals surface area contributed by atoms with Crippen LogP contribution in [0, 0.1) is 0 Å². The van der Waals surface area contributed by atoms with Crippen LogP contribution in [0.1, 0.15) is 89.2 Å². The fraction of sp³-hybridized carbons (Fsp3) is 0.812. The third kappa shape index (κ3) is 2.39. The van der Waals surface area contributed by atoms with Gasteiger partial charge in [0.2, 0.25) is 0 Å². The average molecular weight is 261 g/mol. The summed E-state index contributed by atoms with van der Waals surface area (Å²) in [5, 5.41) is 0. The Morgan fingerprint density at radius 2 is 1.68 bits per heavy atom. The Hall–Kier alpha value is -0.990. The maximum Gasteiger partial charge on any atom is 0.127 e. The van der Waals surface area contributed by atoms with Crippen LogP contribution in [-0.4, -0.2) is 9.55 Å². The van der Waals surface area contributed by atoms with Crippen LogP contribution in [0.25, 0.3) is 0 Å². The number of nitrogens with zero attached hydrogens (tertiary/aromatic N) is 2. The van der Waals surface area contributed by atoms with Gasteiger partial charge in [0.15, 0.2) is 0 Å². The molecule has 2 aliphatic carbocycles. The molecule has 1 aromatic heterocycles. The topological polar surface area (TPSA) is 43.8 Å². The van der Waals surface area contributed by atoms with Crippen LogP contribution in [0.15, 0.2) is 0 Å². The molecule has 2 N–H and O–H groups in total. The van der Waals surface area contributed by atoms with Gasteiger partial charge in [0.1, 0.15) is 11.6 Å². The van der Waals surface area contributed by atoms with Crippen molar-refractivity contribution in [2.24, 2.45) is 0 Å². The van der Waals surface area contributed by atoms with E-state index in [1.54, 1.807) is 0 Å². The Morgan fingerprint density at radius 1 is 1.05 bits per heavy atom. The predicted molar refractivity (Wildman–Crippen MR) is 79.4 cm³/mol. The lowest BCUT2D eigenvalue weighted by Crippen LogP contribution is -2.19. The standard InChI is InChI=1S/C16H27N3/c1-16(2,3)15-18-13(11-7-5-4-6-8-11)14(17)19(15)12-9-10-12/h11-12H,4-10,17H2,1-3H3. The van der Waals surface area contributed by atoms with Crippen LogP contribution in [0.4, 0.5) is 5.82 Å². The van der Waals surface area contributed by atoms with Gasteiger partial charge in [-0.25, -0.2) is 4.98 Å². The summed E-state index contributed by atoms with van der Waals surface area (Å²) >= 11 is 0. The minimum Gasteiger partial charge on any atom is -0.384 e. The smallest absolute Gasteiger partial charge is 0.127 e. The maximum absolute atomic E-state index is 6.47. The largest absolute Gasteiger partial charge is 0.384 e. The van der Waals surface area contributed by atoms with E-state index in [9.17, 15) is 0 Å². The molecule has 0 aromatic carbocycles. The van der Waals surface area contributed by atoms with Crippen LogP contribution in [0.5, 0.6) is 0 Å². The molecule has 0 radical (unpaired) electrons. The molecule has 0 atom stereocenters. The zero-order valence-corrected chi connectivity index (χ0v) is 12.6. The minimum atomic E-state index is 0.0869. The third-order valence-electron chi connectivity index (χ3n) is 4.55. The Bertz CT molecular complexity index is 457. The van der Waals surface area contributed by atoms with Gasteiger partial charge in [0.05, 0.1) is 5.69 Å². The zero-order valence-electron chi connectivity index (χ0n) is 12.6. The molecule has 19 heavy (non-hydrogen) atoms. The first-order valence-corrected chi connectivity index (χ1v) is 7.86. The number of imidazole rings is 1. The molecular weight excluding hydrogens is 234 g/mol. The Labute approximate surface area is 116 Å². The summed E-state index contributed by atoms with van der Waals surface area (Å²) in [6.07, 6.45) is 9.15. The zero-order chi connectivity index (χ0) is 13.6. The number of nitrogen functional groups attached to an aromatic ring is 1. The second kappa shape index (κ2) is 4.53. The van der Waals surface area contributed by atoms with Gasteiger partial charge in [0, 0.05) is 17.4 Å². The van der Waals surface area contributed by atoms with Crippen molar-refractivity contribution < 1.29 is 0 Å². The quantitative estimate of drug-likeness (QED) is 0.869. The lowest BCUT2D eigenvalue weighted by molar-refractivity contribution is 0.436. The molecule has 2 saturated carbocycles. The molecule has 1 aromatic rings. The summed E-state index contributed by atoms with van der Waals surface area (Å²) in [5.41, 5.74) is 7.77. The van der Waals surface area contributed by atoms with E-state index in [2.05, 4.69) is 25.3 Å². The number of nitrogens with two attached hydrogens (primary N) is 1. The van der Waals surface area contributed by atoms with E-state index >= 15 is 0 Å². The summed E-state index contributed by atoms with van der Waals surface area (Å²) in [6, 6.07) is 0.624. The number of anilines is 1.